The number of benzene rings is 1. The Morgan fingerprint density at radius 3 is 2.77 bits per heavy atom. The van der Waals surface area contributed by atoms with Crippen LogP contribution in [0.5, 0.6) is 0 Å². The minimum atomic E-state index is -0.856. The molecule has 0 fully saturated rings. The SMILES string of the molecule is CCC(C)c1cccc(C(=O)O)c1. The number of hydrogen-bond donors (Lipinski definition) is 1. The first-order valence-electron chi connectivity index (χ1n) is 4.48. The van der Waals surface area contributed by atoms with E-state index >= 15 is 0 Å². The molecule has 2 nitrogen and oxygen atoms in total. The molecule has 0 saturated carbocycles. The fraction of sp³-hybridized carbons (Fsp3) is 0.364. The molecule has 0 spiro atoms. The van der Waals surface area contributed by atoms with Gasteiger partial charge in [0.25, 0.3) is 0 Å². The summed E-state index contributed by atoms with van der Waals surface area (Å²) < 4.78 is 0. The van der Waals surface area contributed by atoms with Crippen molar-refractivity contribution in [2.45, 2.75) is 26.2 Å². The third-order valence-corrected chi connectivity index (χ3v) is 2.31. The van der Waals surface area contributed by atoms with E-state index in [0.717, 1.165) is 12.0 Å². The van der Waals surface area contributed by atoms with Crippen molar-refractivity contribution in [3.63, 3.8) is 0 Å². The highest BCUT2D eigenvalue weighted by atomic mass is 16.4. The van der Waals surface area contributed by atoms with Crippen LogP contribution in [0.1, 0.15) is 42.1 Å². The lowest BCUT2D eigenvalue weighted by molar-refractivity contribution is 0.0697. The Morgan fingerprint density at radius 2 is 2.23 bits per heavy atom. The standard InChI is InChI=1S/C11H14O2/c1-3-8(2)9-5-4-6-10(7-9)11(12)13/h4-8H,3H2,1-2H3,(H,12,13). The van der Waals surface area contributed by atoms with Crippen LogP contribution in [0.2, 0.25) is 0 Å². The molecular formula is C11H14O2. The summed E-state index contributed by atoms with van der Waals surface area (Å²) in [6.07, 6.45) is 1.03. The van der Waals surface area contributed by atoms with Crippen molar-refractivity contribution in [2.75, 3.05) is 0 Å². The molecule has 0 bridgehead atoms. The van der Waals surface area contributed by atoms with E-state index in [1.54, 1.807) is 18.2 Å². The number of aromatic carboxylic acids is 1. The van der Waals surface area contributed by atoms with Gasteiger partial charge in [0.15, 0.2) is 0 Å². The van der Waals surface area contributed by atoms with Crippen molar-refractivity contribution >= 4 is 5.97 Å². The molecule has 0 amide bonds. The Hall–Kier alpha value is -1.31. The Bertz CT molecular complexity index is 305. The van der Waals surface area contributed by atoms with Crippen molar-refractivity contribution < 1.29 is 9.90 Å². The van der Waals surface area contributed by atoms with Crippen LogP contribution in [0.15, 0.2) is 24.3 Å². The van der Waals surface area contributed by atoms with Crippen molar-refractivity contribution in [2.24, 2.45) is 0 Å². The summed E-state index contributed by atoms with van der Waals surface area (Å²) in [6.45, 7) is 4.19. The van der Waals surface area contributed by atoms with Crippen molar-refractivity contribution in [1.29, 1.82) is 0 Å². The highest BCUT2D eigenvalue weighted by Gasteiger charge is 2.06. The highest BCUT2D eigenvalue weighted by molar-refractivity contribution is 5.87. The largest absolute Gasteiger partial charge is 0.478 e. The maximum absolute atomic E-state index is 10.7. The van der Waals surface area contributed by atoms with Gasteiger partial charge in [-0.3, -0.25) is 0 Å². The number of hydrogen-bond acceptors (Lipinski definition) is 1. The van der Waals surface area contributed by atoms with Crippen LogP contribution < -0.4 is 0 Å². The maximum atomic E-state index is 10.7. The van der Waals surface area contributed by atoms with Crippen LogP contribution in [-0.4, -0.2) is 11.1 Å². The molecule has 0 aliphatic carbocycles. The normalized spacial score (nSPS) is 12.5. The second-order valence-electron chi connectivity index (χ2n) is 3.24. The molecule has 70 valence electrons. The molecule has 2 heteroatoms. The first-order chi connectivity index (χ1) is 6.15. The van der Waals surface area contributed by atoms with Gasteiger partial charge in [0.1, 0.15) is 0 Å². The third-order valence-electron chi connectivity index (χ3n) is 2.31. The van der Waals surface area contributed by atoms with Crippen LogP contribution in [0.3, 0.4) is 0 Å². The zero-order chi connectivity index (χ0) is 9.84. The topological polar surface area (TPSA) is 37.3 Å². The fourth-order valence-corrected chi connectivity index (χ4v) is 1.21. The Kier molecular flexibility index (Phi) is 3.07. The molecule has 0 aliphatic rings. The molecule has 1 aromatic carbocycles. The lowest BCUT2D eigenvalue weighted by Crippen LogP contribution is -1.98. The summed E-state index contributed by atoms with van der Waals surface area (Å²) in [6, 6.07) is 7.14. The van der Waals surface area contributed by atoms with Gasteiger partial charge in [-0.1, -0.05) is 26.0 Å². The first kappa shape index (κ1) is 9.78. The summed E-state index contributed by atoms with van der Waals surface area (Å²) in [5, 5.41) is 8.76. The Morgan fingerprint density at radius 1 is 1.54 bits per heavy atom. The lowest BCUT2D eigenvalue weighted by Gasteiger charge is -2.08. The lowest BCUT2D eigenvalue weighted by atomic mass is 9.97. The number of rotatable bonds is 3. The number of carboxylic acid groups (broad SMARTS) is 1. The summed E-state index contributed by atoms with van der Waals surface area (Å²) in [4.78, 5) is 10.7. The van der Waals surface area contributed by atoms with E-state index in [1.807, 2.05) is 6.07 Å². The first-order valence-corrected chi connectivity index (χ1v) is 4.48. The van der Waals surface area contributed by atoms with E-state index in [4.69, 9.17) is 5.11 Å². The van der Waals surface area contributed by atoms with E-state index in [9.17, 15) is 4.79 Å². The molecule has 1 unspecified atom stereocenters. The summed E-state index contributed by atoms with van der Waals surface area (Å²) in [5.74, 6) is -0.426. The second kappa shape index (κ2) is 4.08. The molecule has 0 aromatic heterocycles. The van der Waals surface area contributed by atoms with Crippen LogP contribution in [0.4, 0.5) is 0 Å². The van der Waals surface area contributed by atoms with Crippen molar-refractivity contribution in [3.05, 3.63) is 35.4 Å². The van der Waals surface area contributed by atoms with Gasteiger partial charge >= 0.3 is 5.97 Å². The van der Waals surface area contributed by atoms with Crippen LogP contribution in [-0.2, 0) is 0 Å². The van der Waals surface area contributed by atoms with Gasteiger partial charge in [-0.25, -0.2) is 4.79 Å². The van der Waals surface area contributed by atoms with Gasteiger partial charge in [-0.05, 0) is 30.0 Å². The molecule has 0 saturated heterocycles. The zero-order valence-corrected chi connectivity index (χ0v) is 7.95. The number of carboxylic acids is 1. The van der Waals surface area contributed by atoms with E-state index < -0.39 is 5.97 Å². The summed E-state index contributed by atoms with van der Waals surface area (Å²) in [5.41, 5.74) is 1.47. The van der Waals surface area contributed by atoms with E-state index in [0.29, 0.717) is 11.5 Å². The van der Waals surface area contributed by atoms with E-state index in [-0.39, 0.29) is 0 Å². The zero-order valence-electron chi connectivity index (χ0n) is 7.95. The van der Waals surface area contributed by atoms with E-state index in [2.05, 4.69) is 13.8 Å². The van der Waals surface area contributed by atoms with Crippen LogP contribution in [0.25, 0.3) is 0 Å². The average Bonchev–Trinajstić information content (AvgIpc) is 2.17. The minimum absolute atomic E-state index is 0.373. The Labute approximate surface area is 78.2 Å². The van der Waals surface area contributed by atoms with Gasteiger partial charge in [-0.15, -0.1) is 0 Å². The molecular weight excluding hydrogens is 164 g/mol. The van der Waals surface area contributed by atoms with Gasteiger partial charge in [0, 0.05) is 0 Å². The molecule has 0 heterocycles. The summed E-state index contributed by atoms with van der Waals surface area (Å²) in [7, 11) is 0. The molecule has 1 atom stereocenters. The van der Waals surface area contributed by atoms with Crippen LogP contribution >= 0.6 is 0 Å². The predicted molar refractivity (Wildman–Crippen MR) is 52.1 cm³/mol. The van der Waals surface area contributed by atoms with Crippen LogP contribution in [0, 0.1) is 0 Å². The highest BCUT2D eigenvalue weighted by Crippen LogP contribution is 2.19. The predicted octanol–water partition coefficient (Wildman–Crippen LogP) is 2.90. The number of carbonyl (C=O) groups is 1. The quantitative estimate of drug-likeness (QED) is 0.772. The third kappa shape index (κ3) is 2.31. The smallest absolute Gasteiger partial charge is 0.335 e. The second-order valence-corrected chi connectivity index (χ2v) is 3.24. The molecule has 1 rings (SSSR count). The Balaban J connectivity index is 2.98. The maximum Gasteiger partial charge on any atom is 0.335 e. The summed E-state index contributed by atoms with van der Waals surface area (Å²) >= 11 is 0. The minimum Gasteiger partial charge on any atom is -0.478 e. The monoisotopic (exact) mass is 178 g/mol. The van der Waals surface area contributed by atoms with Gasteiger partial charge in [0.2, 0.25) is 0 Å². The van der Waals surface area contributed by atoms with E-state index in [1.165, 1.54) is 0 Å². The van der Waals surface area contributed by atoms with Gasteiger partial charge in [-0.2, -0.15) is 0 Å². The average molecular weight is 178 g/mol. The van der Waals surface area contributed by atoms with Crippen molar-refractivity contribution in [1.82, 2.24) is 0 Å². The fourth-order valence-electron chi connectivity index (χ4n) is 1.21. The molecule has 1 N–H and O–H groups in total. The molecule has 1 aromatic rings. The van der Waals surface area contributed by atoms with Gasteiger partial charge in [0.05, 0.1) is 5.56 Å². The molecule has 0 aliphatic heterocycles. The van der Waals surface area contributed by atoms with Gasteiger partial charge < -0.3 is 5.11 Å². The van der Waals surface area contributed by atoms with Crippen molar-refractivity contribution in [3.8, 4) is 0 Å². The molecule has 13 heavy (non-hydrogen) atoms. The molecule has 0 radical (unpaired) electrons.